The molecule has 6 nitrogen and oxygen atoms in total. The first kappa shape index (κ1) is 15.7. The number of nitrogens with zero attached hydrogens (tertiary/aromatic N) is 1. The zero-order chi connectivity index (χ0) is 16.6. The molecule has 2 saturated heterocycles. The molecule has 0 spiro atoms. The van der Waals surface area contributed by atoms with E-state index in [0.29, 0.717) is 12.0 Å². The van der Waals surface area contributed by atoms with Crippen molar-refractivity contribution in [3.8, 4) is 0 Å². The van der Waals surface area contributed by atoms with E-state index < -0.39 is 17.7 Å². The largest absolute Gasteiger partial charge is 0.454 e. The Balaban J connectivity index is 2.01. The van der Waals surface area contributed by atoms with Gasteiger partial charge in [-0.15, -0.1) is 0 Å². The lowest BCUT2D eigenvalue weighted by molar-refractivity contribution is -0.204. The van der Waals surface area contributed by atoms with Crippen molar-refractivity contribution in [2.75, 3.05) is 7.11 Å². The number of rotatable bonds is 3. The SMILES string of the molecule is CCC12OC(=O)CC1CC(=O)N(C(=O)c1ccccc1)C2OC. The van der Waals surface area contributed by atoms with Gasteiger partial charge in [0.15, 0.2) is 11.8 Å². The van der Waals surface area contributed by atoms with Crippen molar-refractivity contribution in [2.45, 2.75) is 38.0 Å². The monoisotopic (exact) mass is 317 g/mol. The summed E-state index contributed by atoms with van der Waals surface area (Å²) in [5, 5.41) is 0. The van der Waals surface area contributed by atoms with Gasteiger partial charge in [-0.3, -0.25) is 14.4 Å². The minimum Gasteiger partial charge on any atom is -0.454 e. The second kappa shape index (κ2) is 5.77. The van der Waals surface area contributed by atoms with Gasteiger partial charge in [-0.1, -0.05) is 25.1 Å². The van der Waals surface area contributed by atoms with E-state index in [1.165, 1.54) is 7.11 Å². The van der Waals surface area contributed by atoms with Crippen molar-refractivity contribution in [1.29, 1.82) is 0 Å². The highest BCUT2D eigenvalue weighted by molar-refractivity contribution is 6.05. The smallest absolute Gasteiger partial charge is 0.306 e. The van der Waals surface area contributed by atoms with E-state index in [4.69, 9.17) is 9.47 Å². The minimum absolute atomic E-state index is 0.109. The summed E-state index contributed by atoms with van der Waals surface area (Å²) in [5.74, 6) is -1.37. The number of benzene rings is 1. The van der Waals surface area contributed by atoms with Crippen LogP contribution in [0, 0.1) is 5.92 Å². The molecule has 2 heterocycles. The molecule has 1 aromatic rings. The molecule has 1 aromatic carbocycles. The van der Waals surface area contributed by atoms with E-state index in [1.807, 2.05) is 6.92 Å². The van der Waals surface area contributed by atoms with Gasteiger partial charge in [0.25, 0.3) is 5.91 Å². The van der Waals surface area contributed by atoms with Gasteiger partial charge in [-0.05, 0) is 18.6 Å². The van der Waals surface area contributed by atoms with Gasteiger partial charge in [0.1, 0.15) is 0 Å². The molecule has 122 valence electrons. The number of likely N-dealkylation sites (tertiary alicyclic amines) is 1. The number of piperidine rings is 1. The average Bonchev–Trinajstić information content (AvgIpc) is 2.89. The molecular weight excluding hydrogens is 298 g/mol. The highest BCUT2D eigenvalue weighted by Crippen LogP contribution is 2.46. The van der Waals surface area contributed by atoms with Crippen LogP contribution in [0.1, 0.15) is 36.5 Å². The van der Waals surface area contributed by atoms with Crippen LogP contribution in [0.4, 0.5) is 0 Å². The second-order valence-corrected chi connectivity index (χ2v) is 5.91. The molecule has 2 aliphatic heterocycles. The summed E-state index contributed by atoms with van der Waals surface area (Å²) in [6.45, 7) is 1.87. The van der Waals surface area contributed by atoms with Gasteiger partial charge < -0.3 is 9.47 Å². The Hall–Kier alpha value is -2.21. The maximum absolute atomic E-state index is 12.8. The van der Waals surface area contributed by atoms with Crippen molar-refractivity contribution in [3.63, 3.8) is 0 Å². The first-order valence-electron chi connectivity index (χ1n) is 7.69. The van der Waals surface area contributed by atoms with E-state index in [0.717, 1.165) is 4.90 Å². The number of hydrogen-bond donors (Lipinski definition) is 0. The standard InChI is InChI=1S/C17H19NO5/c1-3-17-12(10-14(20)23-17)9-13(19)18(16(17)22-2)15(21)11-7-5-4-6-8-11/h4-8,12,16H,3,9-10H2,1-2H3. The number of esters is 1. The van der Waals surface area contributed by atoms with E-state index in [-0.39, 0.29) is 30.6 Å². The molecule has 0 N–H and O–H groups in total. The molecule has 0 aliphatic carbocycles. The molecule has 3 unspecified atom stereocenters. The summed E-state index contributed by atoms with van der Waals surface area (Å²) in [6.07, 6.45) is -0.128. The Morgan fingerprint density at radius 2 is 2.00 bits per heavy atom. The third-order valence-electron chi connectivity index (χ3n) is 4.77. The third-order valence-corrected chi connectivity index (χ3v) is 4.77. The number of methoxy groups -OCH3 is 1. The topological polar surface area (TPSA) is 72.9 Å². The zero-order valence-corrected chi connectivity index (χ0v) is 13.2. The van der Waals surface area contributed by atoms with Gasteiger partial charge in [0, 0.05) is 25.0 Å². The molecule has 23 heavy (non-hydrogen) atoms. The van der Waals surface area contributed by atoms with Crippen molar-refractivity contribution >= 4 is 17.8 Å². The fraction of sp³-hybridized carbons (Fsp3) is 0.471. The van der Waals surface area contributed by atoms with Crippen LogP contribution in [0.5, 0.6) is 0 Å². The minimum atomic E-state index is -0.954. The molecule has 0 aromatic heterocycles. The Labute approximate surface area is 134 Å². The van der Waals surface area contributed by atoms with Crippen LogP contribution < -0.4 is 0 Å². The van der Waals surface area contributed by atoms with Crippen LogP contribution in [-0.4, -0.2) is 41.6 Å². The predicted molar refractivity (Wildman–Crippen MR) is 80.3 cm³/mol. The molecule has 2 fully saturated rings. The first-order valence-corrected chi connectivity index (χ1v) is 7.69. The molecule has 2 aliphatic rings. The lowest BCUT2D eigenvalue weighted by atomic mass is 9.77. The van der Waals surface area contributed by atoms with Crippen LogP contribution in [0.2, 0.25) is 0 Å². The lowest BCUT2D eigenvalue weighted by Crippen LogP contribution is -2.64. The number of fused-ring (bicyclic) bond motifs is 1. The van der Waals surface area contributed by atoms with E-state index in [9.17, 15) is 14.4 Å². The average molecular weight is 317 g/mol. The molecule has 0 bridgehead atoms. The third kappa shape index (κ3) is 2.34. The number of carbonyl (C=O) groups is 3. The van der Waals surface area contributed by atoms with Crippen LogP contribution in [0.3, 0.4) is 0 Å². The summed E-state index contributed by atoms with van der Waals surface area (Å²) >= 11 is 0. The van der Waals surface area contributed by atoms with Crippen LogP contribution in [0.15, 0.2) is 30.3 Å². The normalized spacial score (nSPS) is 30.1. The van der Waals surface area contributed by atoms with Gasteiger partial charge in [0.05, 0.1) is 6.42 Å². The Morgan fingerprint density at radius 3 is 2.61 bits per heavy atom. The molecule has 0 saturated carbocycles. The maximum Gasteiger partial charge on any atom is 0.306 e. The molecule has 0 radical (unpaired) electrons. The first-order chi connectivity index (χ1) is 11.0. The number of ether oxygens (including phenoxy) is 2. The number of carbonyl (C=O) groups excluding carboxylic acids is 3. The van der Waals surface area contributed by atoms with Crippen LogP contribution >= 0.6 is 0 Å². The maximum atomic E-state index is 12.8. The summed E-state index contributed by atoms with van der Waals surface area (Å²) in [5.41, 5.74) is -0.554. The molecular formula is C17H19NO5. The zero-order valence-electron chi connectivity index (χ0n) is 13.2. The van der Waals surface area contributed by atoms with Crippen molar-refractivity contribution in [2.24, 2.45) is 5.92 Å². The molecule has 3 rings (SSSR count). The fourth-order valence-electron chi connectivity index (χ4n) is 3.65. The van der Waals surface area contributed by atoms with E-state index >= 15 is 0 Å². The van der Waals surface area contributed by atoms with E-state index in [1.54, 1.807) is 30.3 Å². The summed E-state index contributed by atoms with van der Waals surface area (Å²) in [4.78, 5) is 38.2. The highest BCUT2D eigenvalue weighted by atomic mass is 16.6. The fourth-order valence-corrected chi connectivity index (χ4v) is 3.65. The van der Waals surface area contributed by atoms with Crippen molar-refractivity contribution in [1.82, 2.24) is 4.90 Å². The van der Waals surface area contributed by atoms with Gasteiger partial charge in [-0.25, -0.2) is 4.90 Å². The van der Waals surface area contributed by atoms with Crippen molar-refractivity contribution < 1.29 is 23.9 Å². The van der Waals surface area contributed by atoms with Crippen LogP contribution in [-0.2, 0) is 19.1 Å². The predicted octanol–water partition coefficient (Wildman–Crippen LogP) is 1.74. The quantitative estimate of drug-likeness (QED) is 0.627. The number of hydrogen-bond acceptors (Lipinski definition) is 5. The summed E-state index contributed by atoms with van der Waals surface area (Å²) < 4.78 is 11.0. The highest BCUT2D eigenvalue weighted by Gasteiger charge is 2.61. The Morgan fingerprint density at radius 1 is 1.30 bits per heavy atom. The molecule has 6 heteroatoms. The second-order valence-electron chi connectivity index (χ2n) is 5.91. The number of imide groups is 1. The lowest BCUT2D eigenvalue weighted by Gasteiger charge is -2.47. The number of amides is 2. The van der Waals surface area contributed by atoms with Crippen molar-refractivity contribution in [3.05, 3.63) is 35.9 Å². The van der Waals surface area contributed by atoms with Crippen LogP contribution in [0.25, 0.3) is 0 Å². The Bertz CT molecular complexity index is 644. The Kier molecular flexibility index (Phi) is 3.93. The molecule has 2 amide bonds. The van der Waals surface area contributed by atoms with Gasteiger partial charge in [0.2, 0.25) is 5.91 Å². The van der Waals surface area contributed by atoms with Gasteiger partial charge >= 0.3 is 5.97 Å². The van der Waals surface area contributed by atoms with Gasteiger partial charge in [-0.2, -0.15) is 0 Å². The molecule has 3 atom stereocenters. The van der Waals surface area contributed by atoms with E-state index in [2.05, 4.69) is 0 Å². The summed E-state index contributed by atoms with van der Waals surface area (Å²) in [6, 6.07) is 8.56. The summed E-state index contributed by atoms with van der Waals surface area (Å²) in [7, 11) is 1.43.